The molecule has 0 bridgehead atoms. The highest BCUT2D eigenvalue weighted by atomic mass is 16.5. The van der Waals surface area contributed by atoms with E-state index in [0.29, 0.717) is 6.54 Å². The smallest absolute Gasteiger partial charge is 0.264 e. The van der Waals surface area contributed by atoms with Crippen LogP contribution in [0.15, 0.2) is 42.5 Å². The van der Waals surface area contributed by atoms with Crippen molar-refractivity contribution in [1.82, 2.24) is 0 Å². The predicted octanol–water partition coefficient (Wildman–Crippen LogP) is 2.97. The summed E-state index contributed by atoms with van der Waals surface area (Å²) < 4.78 is 10.8. The lowest BCUT2D eigenvalue weighted by Gasteiger charge is -2.18. The normalized spacial score (nSPS) is 12.9. The van der Waals surface area contributed by atoms with Gasteiger partial charge in [0.15, 0.2) is 6.61 Å². The van der Waals surface area contributed by atoms with Crippen LogP contribution in [0.4, 0.5) is 5.69 Å². The number of aryl methyl sites for hydroxylation is 1. The molecule has 0 spiro atoms. The molecule has 0 radical (unpaired) electrons. The fourth-order valence-electron chi connectivity index (χ4n) is 2.69. The number of amides is 1. The zero-order valence-corrected chi connectivity index (χ0v) is 12.8. The van der Waals surface area contributed by atoms with Gasteiger partial charge < -0.3 is 14.4 Å². The van der Waals surface area contributed by atoms with Crippen molar-refractivity contribution in [3.8, 4) is 11.5 Å². The second-order valence-corrected chi connectivity index (χ2v) is 5.40. The van der Waals surface area contributed by atoms with Crippen LogP contribution in [0.2, 0.25) is 0 Å². The number of carbonyl (C=O) groups is 1. The zero-order valence-electron chi connectivity index (χ0n) is 12.8. The van der Waals surface area contributed by atoms with Crippen LogP contribution in [0, 0.1) is 6.92 Å². The van der Waals surface area contributed by atoms with Crippen molar-refractivity contribution in [3.05, 3.63) is 53.6 Å². The van der Waals surface area contributed by atoms with Gasteiger partial charge in [0, 0.05) is 12.2 Å². The van der Waals surface area contributed by atoms with Gasteiger partial charge in [0.05, 0.1) is 7.11 Å². The van der Waals surface area contributed by atoms with E-state index in [9.17, 15) is 4.79 Å². The Labute approximate surface area is 130 Å². The number of carbonyl (C=O) groups excluding carboxylic acids is 1. The molecule has 1 aliphatic rings. The van der Waals surface area contributed by atoms with Gasteiger partial charge in [0.2, 0.25) is 0 Å². The molecule has 22 heavy (non-hydrogen) atoms. The topological polar surface area (TPSA) is 38.8 Å². The van der Waals surface area contributed by atoms with Crippen molar-refractivity contribution in [3.63, 3.8) is 0 Å². The third-order valence-electron chi connectivity index (χ3n) is 3.84. The molecule has 0 fully saturated rings. The number of hydrogen-bond acceptors (Lipinski definition) is 3. The molecule has 0 N–H and O–H groups in total. The summed E-state index contributed by atoms with van der Waals surface area (Å²) in [6, 6.07) is 13.5. The molecule has 1 aliphatic heterocycles. The van der Waals surface area contributed by atoms with E-state index in [4.69, 9.17) is 9.47 Å². The fourth-order valence-corrected chi connectivity index (χ4v) is 2.69. The fraction of sp³-hybridized carbons (Fsp3) is 0.278. The predicted molar refractivity (Wildman–Crippen MR) is 85.7 cm³/mol. The summed E-state index contributed by atoms with van der Waals surface area (Å²) in [5, 5.41) is 0. The van der Waals surface area contributed by atoms with Crippen molar-refractivity contribution in [2.45, 2.75) is 13.3 Å². The second kappa shape index (κ2) is 6.10. The largest absolute Gasteiger partial charge is 0.497 e. The summed E-state index contributed by atoms with van der Waals surface area (Å²) in [6.07, 6.45) is 0.850. The van der Waals surface area contributed by atoms with Crippen molar-refractivity contribution in [2.75, 3.05) is 25.2 Å². The van der Waals surface area contributed by atoms with Crippen LogP contribution in [0.25, 0.3) is 0 Å². The van der Waals surface area contributed by atoms with Gasteiger partial charge in [-0.15, -0.1) is 0 Å². The Hall–Kier alpha value is -2.49. The van der Waals surface area contributed by atoms with E-state index >= 15 is 0 Å². The van der Waals surface area contributed by atoms with E-state index in [1.165, 1.54) is 0 Å². The summed E-state index contributed by atoms with van der Waals surface area (Å²) in [7, 11) is 1.65. The van der Waals surface area contributed by atoms with Crippen LogP contribution < -0.4 is 14.4 Å². The number of fused-ring (bicyclic) bond motifs is 1. The summed E-state index contributed by atoms with van der Waals surface area (Å²) in [5.41, 5.74) is 3.21. The lowest BCUT2D eigenvalue weighted by molar-refractivity contribution is -0.120. The van der Waals surface area contributed by atoms with Gasteiger partial charge in [-0.05, 0) is 54.8 Å². The quantitative estimate of drug-likeness (QED) is 0.871. The number of ether oxygens (including phenoxy) is 2. The van der Waals surface area contributed by atoms with Crippen molar-refractivity contribution in [1.29, 1.82) is 0 Å². The lowest BCUT2D eigenvalue weighted by Crippen LogP contribution is -2.33. The molecule has 0 aromatic heterocycles. The van der Waals surface area contributed by atoms with Gasteiger partial charge in [-0.1, -0.05) is 12.1 Å². The Morgan fingerprint density at radius 2 is 2.05 bits per heavy atom. The molecule has 3 rings (SSSR count). The van der Waals surface area contributed by atoms with Gasteiger partial charge in [-0.25, -0.2) is 0 Å². The zero-order chi connectivity index (χ0) is 15.5. The summed E-state index contributed by atoms with van der Waals surface area (Å²) in [5.74, 6) is 1.52. The van der Waals surface area contributed by atoms with Crippen LogP contribution >= 0.6 is 0 Å². The van der Waals surface area contributed by atoms with E-state index in [1.54, 1.807) is 12.0 Å². The van der Waals surface area contributed by atoms with E-state index in [2.05, 4.69) is 0 Å². The summed E-state index contributed by atoms with van der Waals surface area (Å²) >= 11 is 0. The highest BCUT2D eigenvalue weighted by Crippen LogP contribution is 2.31. The van der Waals surface area contributed by atoms with Gasteiger partial charge >= 0.3 is 0 Å². The van der Waals surface area contributed by atoms with Gasteiger partial charge in [-0.2, -0.15) is 0 Å². The Morgan fingerprint density at radius 3 is 2.82 bits per heavy atom. The van der Waals surface area contributed by atoms with Crippen LogP contribution in [-0.2, 0) is 11.2 Å². The number of methoxy groups -OCH3 is 1. The number of rotatable bonds is 4. The molecule has 1 heterocycles. The number of hydrogen-bond donors (Lipinski definition) is 0. The van der Waals surface area contributed by atoms with Crippen LogP contribution in [0.3, 0.4) is 0 Å². The van der Waals surface area contributed by atoms with Crippen LogP contribution in [0.1, 0.15) is 11.1 Å². The minimum Gasteiger partial charge on any atom is -0.497 e. The van der Waals surface area contributed by atoms with E-state index < -0.39 is 0 Å². The van der Waals surface area contributed by atoms with E-state index in [-0.39, 0.29) is 12.5 Å². The Bertz CT molecular complexity index is 696. The molecule has 1 amide bonds. The van der Waals surface area contributed by atoms with Gasteiger partial charge in [-0.3, -0.25) is 4.79 Å². The highest BCUT2D eigenvalue weighted by molar-refractivity contribution is 5.96. The minimum atomic E-state index is -0.0228. The molecule has 0 unspecified atom stereocenters. The van der Waals surface area contributed by atoms with Crippen molar-refractivity contribution < 1.29 is 14.3 Å². The molecular weight excluding hydrogens is 278 g/mol. The molecule has 0 saturated heterocycles. The minimum absolute atomic E-state index is 0.0228. The van der Waals surface area contributed by atoms with Gasteiger partial charge in [0.25, 0.3) is 5.91 Å². The Balaban J connectivity index is 1.67. The van der Waals surface area contributed by atoms with Gasteiger partial charge in [0.1, 0.15) is 11.5 Å². The monoisotopic (exact) mass is 297 g/mol. The maximum Gasteiger partial charge on any atom is 0.264 e. The molecule has 0 saturated carbocycles. The Morgan fingerprint density at radius 1 is 1.18 bits per heavy atom. The lowest BCUT2D eigenvalue weighted by atomic mass is 10.1. The molecule has 2 aromatic carbocycles. The highest BCUT2D eigenvalue weighted by Gasteiger charge is 2.25. The third-order valence-corrected chi connectivity index (χ3v) is 3.84. The maximum absolute atomic E-state index is 12.4. The molecule has 114 valence electrons. The average Bonchev–Trinajstić information content (AvgIpc) is 2.95. The first-order valence-corrected chi connectivity index (χ1v) is 7.34. The first kappa shape index (κ1) is 14.4. The molecule has 4 heteroatoms. The standard InChI is InChI=1S/C18H19NO3/c1-13-4-3-5-16(10-13)22-12-18(20)19-9-8-14-11-15(21-2)6-7-17(14)19/h3-7,10-11H,8-9,12H2,1-2H3. The average molecular weight is 297 g/mol. The SMILES string of the molecule is COc1ccc2c(c1)CCN2C(=O)COc1cccc(C)c1. The Kier molecular flexibility index (Phi) is 4.00. The first-order chi connectivity index (χ1) is 10.7. The third kappa shape index (κ3) is 2.91. The van der Waals surface area contributed by atoms with Crippen molar-refractivity contribution in [2.24, 2.45) is 0 Å². The first-order valence-electron chi connectivity index (χ1n) is 7.34. The molecule has 0 atom stereocenters. The van der Waals surface area contributed by atoms with Crippen LogP contribution in [-0.4, -0.2) is 26.2 Å². The molecular formula is C18H19NO3. The van der Waals surface area contributed by atoms with Crippen LogP contribution in [0.5, 0.6) is 11.5 Å². The maximum atomic E-state index is 12.4. The summed E-state index contributed by atoms with van der Waals surface area (Å²) in [6.45, 7) is 2.74. The second-order valence-electron chi connectivity index (χ2n) is 5.40. The van der Waals surface area contributed by atoms with E-state index in [1.807, 2.05) is 49.4 Å². The number of nitrogens with zero attached hydrogens (tertiary/aromatic N) is 1. The molecule has 0 aliphatic carbocycles. The van der Waals surface area contributed by atoms with Crippen molar-refractivity contribution >= 4 is 11.6 Å². The molecule has 2 aromatic rings. The summed E-state index contributed by atoms with van der Waals surface area (Å²) in [4.78, 5) is 14.2. The molecule has 4 nitrogen and oxygen atoms in total. The number of anilines is 1. The van der Waals surface area contributed by atoms with E-state index in [0.717, 1.165) is 34.7 Å². The number of benzene rings is 2.